The number of benzene rings is 1. The van der Waals surface area contributed by atoms with Crippen molar-refractivity contribution in [3.63, 3.8) is 0 Å². The van der Waals surface area contributed by atoms with Crippen LogP contribution in [0.3, 0.4) is 0 Å². The fraction of sp³-hybridized carbons (Fsp3) is 0.296. The van der Waals surface area contributed by atoms with Gasteiger partial charge in [-0.25, -0.2) is 9.97 Å². The molecule has 2 aromatic heterocycles. The number of ketones is 1. The Morgan fingerprint density at radius 3 is 2.45 bits per heavy atom. The van der Waals surface area contributed by atoms with Gasteiger partial charge in [0.25, 0.3) is 5.91 Å². The molecule has 0 fully saturated rings. The van der Waals surface area contributed by atoms with Gasteiger partial charge in [-0.15, -0.1) is 0 Å². The number of carbonyl (C=O) groups excluding carboxylic acids is 2. The van der Waals surface area contributed by atoms with E-state index in [0.29, 0.717) is 39.0 Å². The molecule has 0 N–H and O–H groups in total. The number of fused-ring (bicyclic) bond motifs is 1. The van der Waals surface area contributed by atoms with Crippen molar-refractivity contribution in [2.75, 3.05) is 26.1 Å². The molecule has 5 rings (SSSR count). The van der Waals surface area contributed by atoms with Gasteiger partial charge in [-0.2, -0.15) is 4.98 Å². The minimum atomic E-state index is -0.635. The molecule has 1 amide bonds. The average molecular weight is 553 g/mol. The second kappa shape index (κ2) is 9.89. The quantitative estimate of drug-likeness (QED) is 0.416. The molecular weight excluding hydrogens is 527 g/mol. The Labute approximate surface area is 230 Å². The lowest BCUT2D eigenvalue weighted by Gasteiger charge is -2.30. The molecule has 1 aliphatic carbocycles. The smallest absolute Gasteiger partial charge is 0.279 e. The van der Waals surface area contributed by atoms with Gasteiger partial charge < -0.3 is 14.2 Å². The number of aromatic nitrogens is 4. The maximum absolute atomic E-state index is 14.0. The number of hydrogen-bond donors (Lipinski definition) is 0. The highest BCUT2D eigenvalue weighted by atomic mass is 35.5. The van der Waals surface area contributed by atoms with Crippen molar-refractivity contribution >= 4 is 40.8 Å². The summed E-state index contributed by atoms with van der Waals surface area (Å²) in [7, 11) is 5.21. The van der Waals surface area contributed by atoms with Crippen molar-refractivity contribution < 1.29 is 14.3 Å². The van der Waals surface area contributed by atoms with Crippen molar-refractivity contribution in [1.29, 1.82) is 0 Å². The van der Waals surface area contributed by atoms with Crippen LogP contribution in [0.25, 0.3) is 11.4 Å². The van der Waals surface area contributed by atoms with Crippen LogP contribution in [0.15, 0.2) is 53.3 Å². The Hall–Kier alpha value is -3.69. The van der Waals surface area contributed by atoms with E-state index in [1.807, 2.05) is 44.6 Å². The molecule has 1 aromatic carbocycles. The number of methoxy groups -OCH3 is 1. The van der Waals surface area contributed by atoms with Gasteiger partial charge in [-0.1, -0.05) is 41.4 Å². The summed E-state index contributed by atoms with van der Waals surface area (Å²) in [6.45, 7) is 4.01. The standard InChI is InChI=1S/C27H26Cl2N6O3/c1-14(2)34-23-21(31-24(34)18-13-30-27(33(3)4)32-25(18)38-5)26(37)35(19-12-17(29)10-11-20(19)36)22(23)15-6-8-16(28)9-7-15/h6-10,12-14,22H,11H2,1-5H3. The Morgan fingerprint density at radius 2 is 1.82 bits per heavy atom. The molecule has 1 atom stereocenters. The second-order valence-electron chi connectivity index (χ2n) is 9.50. The maximum atomic E-state index is 14.0. The third kappa shape index (κ3) is 4.25. The van der Waals surface area contributed by atoms with E-state index in [-0.39, 0.29) is 29.6 Å². The third-order valence-electron chi connectivity index (χ3n) is 6.47. The van der Waals surface area contributed by atoms with E-state index in [1.54, 1.807) is 29.3 Å². The number of carbonyl (C=O) groups is 2. The molecule has 0 radical (unpaired) electrons. The lowest BCUT2D eigenvalue weighted by atomic mass is 10.0. The molecule has 9 nitrogen and oxygen atoms in total. The number of halogens is 2. The number of allylic oxidation sites excluding steroid dienone is 4. The van der Waals surface area contributed by atoms with E-state index in [2.05, 4.69) is 9.97 Å². The van der Waals surface area contributed by atoms with Crippen LogP contribution in [0.4, 0.5) is 5.95 Å². The number of hydrogen-bond acceptors (Lipinski definition) is 7. The monoisotopic (exact) mass is 552 g/mol. The highest BCUT2D eigenvalue weighted by molar-refractivity contribution is 6.32. The van der Waals surface area contributed by atoms with Crippen molar-refractivity contribution in [1.82, 2.24) is 24.4 Å². The van der Waals surface area contributed by atoms with Crippen molar-refractivity contribution in [3.8, 4) is 17.3 Å². The average Bonchev–Trinajstić information content (AvgIpc) is 3.40. The molecule has 1 aliphatic heterocycles. The highest BCUT2D eigenvalue weighted by Crippen LogP contribution is 2.46. The van der Waals surface area contributed by atoms with Gasteiger partial charge in [-0.05, 0) is 37.6 Å². The van der Waals surface area contributed by atoms with Crippen LogP contribution >= 0.6 is 23.2 Å². The summed E-state index contributed by atoms with van der Waals surface area (Å²) in [5.41, 5.74) is 2.45. The highest BCUT2D eigenvalue weighted by Gasteiger charge is 2.47. The first-order chi connectivity index (χ1) is 18.1. The van der Waals surface area contributed by atoms with E-state index in [9.17, 15) is 9.59 Å². The van der Waals surface area contributed by atoms with Gasteiger partial charge in [0.1, 0.15) is 11.9 Å². The number of ether oxygens (including phenoxy) is 1. The summed E-state index contributed by atoms with van der Waals surface area (Å²) in [6, 6.07) is 6.47. The molecule has 1 unspecified atom stereocenters. The predicted octanol–water partition coefficient (Wildman–Crippen LogP) is 5.17. The van der Waals surface area contributed by atoms with Gasteiger partial charge in [0.2, 0.25) is 11.8 Å². The molecule has 3 heterocycles. The molecule has 196 valence electrons. The van der Waals surface area contributed by atoms with Gasteiger partial charge in [-0.3, -0.25) is 14.5 Å². The zero-order valence-electron chi connectivity index (χ0n) is 21.6. The van der Waals surface area contributed by atoms with E-state index < -0.39 is 11.9 Å². The molecule has 0 spiro atoms. The molecule has 0 saturated carbocycles. The molecule has 3 aromatic rings. The van der Waals surface area contributed by atoms with Gasteiger partial charge in [0, 0.05) is 42.8 Å². The topological polar surface area (TPSA) is 93.4 Å². The Balaban J connectivity index is 1.76. The lowest BCUT2D eigenvalue weighted by Crippen LogP contribution is -2.34. The SMILES string of the molecule is COc1nc(N(C)C)ncc1-c1nc2c(n1C(C)C)C(c1ccc(Cl)cc1)N(C1=CC(Cl)=CCC1=O)C2=O. The number of imidazole rings is 1. The number of nitrogens with zero attached hydrogens (tertiary/aromatic N) is 6. The Kier molecular flexibility index (Phi) is 6.75. The second-order valence-corrected chi connectivity index (χ2v) is 10.4. The molecule has 0 bridgehead atoms. The minimum Gasteiger partial charge on any atom is -0.480 e. The summed E-state index contributed by atoms with van der Waals surface area (Å²) in [5.74, 6) is 0.730. The lowest BCUT2D eigenvalue weighted by molar-refractivity contribution is -0.116. The Bertz CT molecular complexity index is 1510. The third-order valence-corrected chi connectivity index (χ3v) is 6.98. The van der Waals surface area contributed by atoms with E-state index >= 15 is 0 Å². The Morgan fingerprint density at radius 1 is 1.11 bits per heavy atom. The number of rotatable bonds is 6. The van der Waals surface area contributed by atoms with Crippen LogP contribution in [0.2, 0.25) is 5.02 Å². The first-order valence-electron chi connectivity index (χ1n) is 12.0. The number of Topliss-reactive ketones (excluding diaryl/α,β-unsaturated/α-hetero) is 1. The van der Waals surface area contributed by atoms with E-state index in [4.69, 9.17) is 32.9 Å². The van der Waals surface area contributed by atoms with E-state index in [0.717, 1.165) is 5.56 Å². The molecule has 0 saturated heterocycles. The van der Waals surface area contributed by atoms with Crippen LogP contribution in [-0.2, 0) is 4.79 Å². The summed E-state index contributed by atoms with van der Waals surface area (Å²) in [4.78, 5) is 44.1. The van der Waals surface area contributed by atoms with Crippen LogP contribution in [0, 0.1) is 0 Å². The molecular formula is C27H26Cl2N6O3. The fourth-order valence-corrected chi connectivity index (χ4v) is 5.09. The van der Waals surface area contributed by atoms with Gasteiger partial charge in [0.05, 0.1) is 24.1 Å². The minimum absolute atomic E-state index is 0.110. The van der Waals surface area contributed by atoms with Crippen LogP contribution in [0.1, 0.15) is 54.1 Å². The van der Waals surface area contributed by atoms with E-state index in [1.165, 1.54) is 18.1 Å². The zero-order valence-corrected chi connectivity index (χ0v) is 23.1. The predicted molar refractivity (Wildman–Crippen MR) is 146 cm³/mol. The largest absolute Gasteiger partial charge is 0.480 e. The fourth-order valence-electron chi connectivity index (χ4n) is 4.78. The zero-order chi connectivity index (χ0) is 27.3. The summed E-state index contributed by atoms with van der Waals surface area (Å²) < 4.78 is 7.58. The van der Waals surface area contributed by atoms with Crippen LogP contribution < -0.4 is 9.64 Å². The number of amides is 1. The van der Waals surface area contributed by atoms with Gasteiger partial charge >= 0.3 is 0 Å². The van der Waals surface area contributed by atoms with Gasteiger partial charge in [0.15, 0.2) is 11.5 Å². The molecule has 11 heteroatoms. The first-order valence-corrected chi connectivity index (χ1v) is 12.8. The maximum Gasteiger partial charge on any atom is 0.279 e. The normalized spacial score (nSPS) is 17.1. The summed E-state index contributed by atoms with van der Waals surface area (Å²) in [6.07, 6.45) is 4.93. The van der Waals surface area contributed by atoms with Crippen molar-refractivity contribution in [2.45, 2.75) is 32.4 Å². The summed E-state index contributed by atoms with van der Waals surface area (Å²) in [5, 5.41) is 0.965. The van der Waals surface area contributed by atoms with Crippen LogP contribution in [-0.4, -0.2) is 57.3 Å². The van der Waals surface area contributed by atoms with Crippen LogP contribution in [0.5, 0.6) is 5.88 Å². The molecule has 2 aliphatic rings. The number of anilines is 1. The first kappa shape index (κ1) is 25.9. The molecule has 38 heavy (non-hydrogen) atoms. The van der Waals surface area contributed by atoms with Crippen molar-refractivity contribution in [3.05, 3.63) is 75.3 Å². The van der Waals surface area contributed by atoms with Crippen molar-refractivity contribution in [2.24, 2.45) is 0 Å². The summed E-state index contributed by atoms with van der Waals surface area (Å²) >= 11 is 12.5.